The van der Waals surface area contributed by atoms with Crippen LogP contribution in [0.3, 0.4) is 0 Å². The normalized spacial score (nSPS) is 21.1. The molecule has 4 nitrogen and oxygen atoms in total. The predicted octanol–water partition coefficient (Wildman–Crippen LogP) is 2.16. The third-order valence-corrected chi connectivity index (χ3v) is 3.99. The van der Waals surface area contributed by atoms with Crippen molar-refractivity contribution in [3.63, 3.8) is 0 Å². The zero-order valence-corrected chi connectivity index (χ0v) is 12.6. The minimum atomic E-state index is -0.323. The summed E-state index contributed by atoms with van der Waals surface area (Å²) in [6.07, 6.45) is 4.27. The molecule has 118 valence electrons. The number of rotatable bonds is 6. The molecule has 1 fully saturated rings. The van der Waals surface area contributed by atoms with Crippen LogP contribution in [0.2, 0.25) is 0 Å². The molecule has 0 heterocycles. The van der Waals surface area contributed by atoms with Crippen molar-refractivity contribution in [3.05, 3.63) is 35.6 Å². The third kappa shape index (κ3) is 5.45. The zero-order chi connectivity index (χ0) is 15.8. The summed E-state index contributed by atoms with van der Waals surface area (Å²) < 4.78 is 13.0. The van der Waals surface area contributed by atoms with Gasteiger partial charge in [-0.25, -0.2) is 4.39 Å². The molecule has 1 aliphatic carbocycles. The van der Waals surface area contributed by atoms with E-state index in [1.54, 1.807) is 12.1 Å². The second-order valence-corrected chi connectivity index (χ2v) is 5.80. The Morgan fingerprint density at radius 3 is 3.00 bits per heavy atom. The van der Waals surface area contributed by atoms with Gasteiger partial charge >= 0.3 is 0 Å². The first kappa shape index (κ1) is 16.4. The molecule has 0 spiro atoms. The minimum absolute atomic E-state index is 0.106. The van der Waals surface area contributed by atoms with E-state index < -0.39 is 0 Å². The third-order valence-electron chi connectivity index (χ3n) is 3.99. The smallest absolute Gasteiger partial charge is 0.224 e. The second-order valence-electron chi connectivity index (χ2n) is 5.80. The van der Waals surface area contributed by atoms with E-state index in [0.717, 1.165) is 25.7 Å². The monoisotopic (exact) mass is 303 g/mol. The van der Waals surface area contributed by atoms with E-state index in [9.17, 15) is 9.18 Å². The van der Waals surface area contributed by atoms with Crippen LogP contribution in [0.4, 0.5) is 4.39 Å². The second kappa shape index (κ2) is 8.50. The van der Waals surface area contributed by atoms with Crippen LogP contribution < -0.4 is 10.6 Å². The van der Waals surface area contributed by atoms with Gasteiger partial charge in [-0.2, -0.15) is 5.26 Å². The van der Waals surface area contributed by atoms with Crippen molar-refractivity contribution >= 4 is 5.91 Å². The van der Waals surface area contributed by atoms with Gasteiger partial charge in [-0.1, -0.05) is 18.6 Å². The fourth-order valence-corrected chi connectivity index (χ4v) is 2.87. The van der Waals surface area contributed by atoms with Gasteiger partial charge in [0.05, 0.1) is 12.5 Å². The lowest BCUT2D eigenvalue weighted by molar-refractivity contribution is -0.120. The van der Waals surface area contributed by atoms with E-state index in [1.165, 1.54) is 12.1 Å². The number of nitriles is 1. The maximum Gasteiger partial charge on any atom is 0.224 e. The highest BCUT2D eigenvalue weighted by atomic mass is 19.1. The van der Waals surface area contributed by atoms with Gasteiger partial charge in [0.15, 0.2) is 0 Å². The average Bonchev–Trinajstić information content (AvgIpc) is 2.52. The first-order valence-corrected chi connectivity index (χ1v) is 7.81. The summed E-state index contributed by atoms with van der Waals surface area (Å²) in [6.45, 7) is 1.24. The van der Waals surface area contributed by atoms with Crippen LogP contribution in [0.5, 0.6) is 0 Å². The molecule has 2 N–H and O–H groups in total. The zero-order valence-electron chi connectivity index (χ0n) is 12.6. The summed E-state index contributed by atoms with van der Waals surface area (Å²) >= 11 is 0. The number of hydrogen-bond donors (Lipinski definition) is 2. The van der Waals surface area contributed by atoms with Crippen LogP contribution in [0.25, 0.3) is 0 Å². The molecular weight excluding hydrogens is 281 g/mol. The molecule has 5 heteroatoms. The lowest BCUT2D eigenvalue weighted by Crippen LogP contribution is -2.39. The Morgan fingerprint density at radius 1 is 1.36 bits per heavy atom. The van der Waals surface area contributed by atoms with Gasteiger partial charge < -0.3 is 10.6 Å². The van der Waals surface area contributed by atoms with Crippen molar-refractivity contribution in [1.29, 1.82) is 5.26 Å². The largest absolute Gasteiger partial charge is 0.355 e. The molecule has 2 unspecified atom stereocenters. The number of carbonyl (C=O) groups excluding carboxylic acids is 1. The number of halogens is 1. The van der Waals surface area contributed by atoms with E-state index in [0.29, 0.717) is 24.7 Å². The van der Waals surface area contributed by atoms with E-state index in [1.807, 2.05) is 0 Å². The molecule has 1 amide bonds. The van der Waals surface area contributed by atoms with E-state index in [2.05, 4.69) is 16.7 Å². The number of hydrogen-bond acceptors (Lipinski definition) is 3. The molecule has 0 bridgehead atoms. The van der Waals surface area contributed by atoms with Crippen LogP contribution in [-0.4, -0.2) is 25.0 Å². The van der Waals surface area contributed by atoms with Gasteiger partial charge in [0, 0.05) is 25.0 Å². The van der Waals surface area contributed by atoms with Crippen molar-refractivity contribution in [2.24, 2.45) is 5.92 Å². The standard InChI is InChI=1S/C17H22FN3O/c18-15-5-1-3-13(9-15)11-17(22)21-8-7-20-16-6-2-4-14(10-16)12-19/h1,3,5,9,14,16,20H,2,4,6-8,10-11H2,(H,21,22). The summed E-state index contributed by atoms with van der Waals surface area (Å²) in [5.41, 5.74) is 0.676. The van der Waals surface area contributed by atoms with Gasteiger partial charge in [-0.05, 0) is 37.0 Å². The molecule has 0 radical (unpaired) electrons. The lowest BCUT2D eigenvalue weighted by atomic mass is 9.87. The van der Waals surface area contributed by atoms with E-state index in [-0.39, 0.29) is 24.1 Å². The van der Waals surface area contributed by atoms with Gasteiger partial charge in [0.25, 0.3) is 0 Å². The Hall–Kier alpha value is -1.93. The molecule has 1 saturated carbocycles. The van der Waals surface area contributed by atoms with Crippen LogP contribution in [0, 0.1) is 23.1 Å². The Kier molecular flexibility index (Phi) is 6.35. The molecular formula is C17H22FN3O. The SMILES string of the molecule is N#CC1CCCC(NCCNC(=O)Cc2cccc(F)c2)C1. The predicted molar refractivity (Wildman–Crippen MR) is 82.5 cm³/mol. The van der Waals surface area contributed by atoms with Crippen molar-refractivity contribution in [2.45, 2.75) is 38.1 Å². The van der Waals surface area contributed by atoms with Gasteiger partial charge in [0.2, 0.25) is 5.91 Å². The Labute approximate surface area is 130 Å². The van der Waals surface area contributed by atoms with Gasteiger partial charge in [-0.3, -0.25) is 4.79 Å². The Balaban J connectivity index is 1.62. The van der Waals surface area contributed by atoms with Crippen LogP contribution in [0.1, 0.15) is 31.2 Å². The summed E-state index contributed by atoms with van der Waals surface area (Å²) in [6, 6.07) is 8.80. The van der Waals surface area contributed by atoms with Gasteiger partial charge in [0.1, 0.15) is 5.82 Å². The van der Waals surface area contributed by atoms with Crippen LogP contribution >= 0.6 is 0 Å². The molecule has 22 heavy (non-hydrogen) atoms. The fourth-order valence-electron chi connectivity index (χ4n) is 2.87. The number of nitrogens with one attached hydrogen (secondary N) is 2. The lowest BCUT2D eigenvalue weighted by Gasteiger charge is -2.26. The molecule has 2 rings (SSSR count). The Bertz CT molecular complexity index is 541. The maximum atomic E-state index is 13.0. The summed E-state index contributed by atoms with van der Waals surface area (Å²) in [4.78, 5) is 11.8. The number of amides is 1. The quantitative estimate of drug-likeness (QED) is 0.792. The molecule has 1 aliphatic rings. The number of nitrogens with zero attached hydrogens (tertiary/aromatic N) is 1. The number of carbonyl (C=O) groups is 1. The fraction of sp³-hybridized carbons (Fsp3) is 0.529. The molecule has 1 aromatic rings. The summed E-state index contributed by atoms with van der Waals surface area (Å²) in [5, 5.41) is 15.2. The van der Waals surface area contributed by atoms with Crippen LogP contribution in [0.15, 0.2) is 24.3 Å². The molecule has 1 aromatic carbocycles. The molecule has 0 saturated heterocycles. The first-order chi connectivity index (χ1) is 10.7. The topological polar surface area (TPSA) is 64.9 Å². The van der Waals surface area contributed by atoms with Crippen molar-refractivity contribution in [3.8, 4) is 6.07 Å². The van der Waals surface area contributed by atoms with Crippen molar-refractivity contribution in [1.82, 2.24) is 10.6 Å². The van der Waals surface area contributed by atoms with Crippen molar-refractivity contribution in [2.75, 3.05) is 13.1 Å². The maximum absolute atomic E-state index is 13.0. The Morgan fingerprint density at radius 2 is 2.23 bits per heavy atom. The first-order valence-electron chi connectivity index (χ1n) is 7.81. The number of benzene rings is 1. The molecule has 0 aliphatic heterocycles. The average molecular weight is 303 g/mol. The summed E-state index contributed by atoms with van der Waals surface area (Å²) in [7, 11) is 0. The molecule has 0 aromatic heterocycles. The van der Waals surface area contributed by atoms with Crippen molar-refractivity contribution < 1.29 is 9.18 Å². The van der Waals surface area contributed by atoms with Crippen LogP contribution in [-0.2, 0) is 11.2 Å². The highest BCUT2D eigenvalue weighted by Crippen LogP contribution is 2.23. The highest BCUT2D eigenvalue weighted by molar-refractivity contribution is 5.78. The highest BCUT2D eigenvalue weighted by Gasteiger charge is 2.20. The van der Waals surface area contributed by atoms with E-state index in [4.69, 9.17) is 5.26 Å². The van der Waals surface area contributed by atoms with Gasteiger partial charge in [-0.15, -0.1) is 0 Å². The van der Waals surface area contributed by atoms with E-state index >= 15 is 0 Å². The molecule has 2 atom stereocenters. The summed E-state index contributed by atoms with van der Waals surface area (Å²) in [5.74, 6) is -0.268. The minimum Gasteiger partial charge on any atom is -0.355 e.